The third kappa shape index (κ3) is 5.43. The Morgan fingerprint density at radius 3 is 2.41 bits per heavy atom. The smallest absolute Gasteiger partial charge is 0.243 e. The normalized spacial score (nSPS) is 17.1. The number of primary amides is 1. The number of aromatic amines is 1. The van der Waals surface area contributed by atoms with Crippen molar-refractivity contribution in [2.24, 2.45) is 5.73 Å². The maximum Gasteiger partial charge on any atom is 0.243 e. The number of nitrogens with one attached hydrogen (secondary N) is 4. The second kappa shape index (κ2) is 10.2. The lowest BCUT2D eigenvalue weighted by molar-refractivity contribution is -0.132. The van der Waals surface area contributed by atoms with E-state index in [1.807, 2.05) is 54.6 Å². The predicted octanol–water partition coefficient (Wildman–Crippen LogP) is 0.687. The number of carbonyl (C=O) groups excluding carboxylic acids is 4. The Balaban J connectivity index is 1.54. The zero-order valence-electron chi connectivity index (χ0n) is 18.5. The first-order valence-corrected chi connectivity index (χ1v) is 11.2. The zero-order valence-corrected chi connectivity index (χ0v) is 18.5. The number of aromatic nitrogens is 1. The van der Waals surface area contributed by atoms with Gasteiger partial charge in [-0.2, -0.15) is 0 Å². The van der Waals surface area contributed by atoms with Crippen LogP contribution in [0.2, 0.25) is 0 Å². The Morgan fingerprint density at radius 2 is 1.71 bits per heavy atom. The molecule has 0 unspecified atom stereocenters. The van der Waals surface area contributed by atoms with E-state index in [1.54, 1.807) is 6.20 Å². The Hall–Kier alpha value is -4.14. The lowest BCUT2D eigenvalue weighted by Gasteiger charge is -2.23. The topological polar surface area (TPSA) is 146 Å². The van der Waals surface area contributed by atoms with Crippen LogP contribution in [0.3, 0.4) is 0 Å². The van der Waals surface area contributed by atoms with Gasteiger partial charge in [0.2, 0.25) is 23.6 Å². The lowest BCUT2D eigenvalue weighted by atomic mass is 10.0. The third-order valence-corrected chi connectivity index (χ3v) is 5.99. The van der Waals surface area contributed by atoms with Gasteiger partial charge in [0.15, 0.2) is 0 Å². The average molecular weight is 462 g/mol. The molecule has 3 aromatic rings. The molecule has 3 atom stereocenters. The first-order chi connectivity index (χ1) is 16.4. The minimum atomic E-state index is -0.971. The highest BCUT2D eigenvalue weighted by Gasteiger charge is 2.32. The number of benzene rings is 2. The lowest BCUT2D eigenvalue weighted by Crippen LogP contribution is -2.56. The minimum absolute atomic E-state index is 0.194. The van der Waals surface area contributed by atoms with E-state index < -0.39 is 35.8 Å². The molecule has 176 valence electrons. The van der Waals surface area contributed by atoms with Crippen LogP contribution < -0.4 is 21.7 Å². The van der Waals surface area contributed by atoms with Crippen molar-refractivity contribution in [3.8, 4) is 0 Å². The van der Waals surface area contributed by atoms with E-state index in [2.05, 4.69) is 20.9 Å². The molecule has 2 heterocycles. The zero-order chi connectivity index (χ0) is 24.1. The summed E-state index contributed by atoms with van der Waals surface area (Å²) in [6.07, 6.45) is 2.85. The molecule has 1 fully saturated rings. The Kier molecular flexibility index (Phi) is 6.91. The summed E-state index contributed by atoms with van der Waals surface area (Å²) in [5.74, 6) is -1.83. The molecule has 4 rings (SSSR count). The van der Waals surface area contributed by atoms with E-state index in [0.717, 1.165) is 22.0 Å². The molecule has 2 aromatic carbocycles. The molecule has 0 bridgehead atoms. The summed E-state index contributed by atoms with van der Waals surface area (Å²) in [4.78, 5) is 52.9. The molecular formula is C25H27N5O4. The van der Waals surface area contributed by atoms with Gasteiger partial charge in [-0.3, -0.25) is 19.2 Å². The molecule has 6 N–H and O–H groups in total. The predicted molar refractivity (Wildman–Crippen MR) is 126 cm³/mol. The van der Waals surface area contributed by atoms with Crippen molar-refractivity contribution in [3.05, 3.63) is 71.9 Å². The van der Waals surface area contributed by atoms with Crippen LogP contribution in [0.1, 0.15) is 24.0 Å². The van der Waals surface area contributed by atoms with Gasteiger partial charge < -0.3 is 26.7 Å². The average Bonchev–Trinajstić information content (AvgIpc) is 3.45. The summed E-state index contributed by atoms with van der Waals surface area (Å²) in [5, 5.41) is 9.01. The largest absolute Gasteiger partial charge is 0.368 e. The fourth-order valence-corrected chi connectivity index (χ4v) is 4.16. The maximum atomic E-state index is 13.3. The van der Waals surface area contributed by atoms with Gasteiger partial charge in [-0.05, 0) is 23.6 Å². The van der Waals surface area contributed by atoms with Crippen molar-refractivity contribution in [1.82, 2.24) is 20.9 Å². The van der Waals surface area contributed by atoms with Crippen LogP contribution in [0.4, 0.5) is 0 Å². The summed E-state index contributed by atoms with van der Waals surface area (Å²) in [5.41, 5.74) is 8.16. The highest BCUT2D eigenvalue weighted by molar-refractivity contribution is 5.96. The van der Waals surface area contributed by atoms with Crippen LogP contribution in [-0.2, 0) is 32.0 Å². The third-order valence-electron chi connectivity index (χ3n) is 5.99. The van der Waals surface area contributed by atoms with Gasteiger partial charge >= 0.3 is 0 Å². The van der Waals surface area contributed by atoms with E-state index in [9.17, 15) is 19.2 Å². The van der Waals surface area contributed by atoms with Crippen LogP contribution in [0.5, 0.6) is 0 Å². The number of hydrogen-bond donors (Lipinski definition) is 5. The van der Waals surface area contributed by atoms with Gasteiger partial charge in [0.25, 0.3) is 0 Å². The molecule has 34 heavy (non-hydrogen) atoms. The molecule has 0 aliphatic carbocycles. The Labute approximate surface area is 196 Å². The monoisotopic (exact) mass is 461 g/mol. The van der Waals surface area contributed by atoms with E-state index in [-0.39, 0.29) is 25.2 Å². The van der Waals surface area contributed by atoms with E-state index in [0.29, 0.717) is 6.42 Å². The number of H-pyrrole nitrogens is 1. The van der Waals surface area contributed by atoms with Crippen LogP contribution in [-0.4, -0.2) is 46.7 Å². The molecule has 1 saturated heterocycles. The molecule has 0 radical (unpaired) electrons. The van der Waals surface area contributed by atoms with Crippen LogP contribution >= 0.6 is 0 Å². The summed E-state index contributed by atoms with van der Waals surface area (Å²) in [6.45, 7) is 0. The van der Waals surface area contributed by atoms with Crippen molar-refractivity contribution in [2.75, 3.05) is 0 Å². The van der Waals surface area contributed by atoms with Gasteiger partial charge in [0, 0.05) is 36.4 Å². The molecule has 4 amide bonds. The maximum absolute atomic E-state index is 13.3. The number of fused-ring (bicyclic) bond motifs is 1. The number of hydrogen-bond acceptors (Lipinski definition) is 4. The van der Waals surface area contributed by atoms with Crippen LogP contribution in [0.25, 0.3) is 10.9 Å². The molecule has 9 heteroatoms. The fraction of sp³-hybridized carbons (Fsp3) is 0.280. The number of nitrogens with two attached hydrogens (primary N) is 1. The summed E-state index contributed by atoms with van der Waals surface area (Å²) in [6, 6.07) is 14.3. The molecule has 0 spiro atoms. The van der Waals surface area contributed by atoms with Crippen molar-refractivity contribution >= 4 is 34.5 Å². The van der Waals surface area contributed by atoms with E-state index in [1.165, 1.54) is 0 Å². The molecule has 1 aliphatic heterocycles. The van der Waals surface area contributed by atoms with Gasteiger partial charge in [-0.25, -0.2) is 0 Å². The molecule has 1 aliphatic rings. The van der Waals surface area contributed by atoms with Crippen LogP contribution in [0, 0.1) is 0 Å². The SMILES string of the molecule is NC(=O)[C@H](Cc1ccccc1)NC(=O)[C@H](Cc1c[nH]c2ccccc12)NC(=O)[C@@H]1CCC(=O)N1. The highest BCUT2D eigenvalue weighted by Crippen LogP contribution is 2.19. The summed E-state index contributed by atoms with van der Waals surface area (Å²) < 4.78 is 0. The number of rotatable bonds is 9. The molecular weight excluding hydrogens is 434 g/mol. The van der Waals surface area contributed by atoms with Crippen molar-refractivity contribution < 1.29 is 19.2 Å². The Morgan fingerprint density at radius 1 is 0.971 bits per heavy atom. The fourth-order valence-electron chi connectivity index (χ4n) is 4.16. The van der Waals surface area contributed by atoms with Crippen molar-refractivity contribution in [1.29, 1.82) is 0 Å². The number of carbonyl (C=O) groups is 4. The number of amides is 4. The van der Waals surface area contributed by atoms with Gasteiger partial charge in [-0.15, -0.1) is 0 Å². The quantitative estimate of drug-likeness (QED) is 0.319. The molecule has 0 saturated carbocycles. The first kappa shape index (κ1) is 23.0. The van der Waals surface area contributed by atoms with Gasteiger partial charge in [0.1, 0.15) is 18.1 Å². The summed E-state index contributed by atoms with van der Waals surface area (Å²) >= 11 is 0. The van der Waals surface area contributed by atoms with Crippen LogP contribution in [0.15, 0.2) is 60.8 Å². The van der Waals surface area contributed by atoms with Crippen molar-refractivity contribution in [3.63, 3.8) is 0 Å². The molecule has 9 nitrogen and oxygen atoms in total. The summed E-state index contributed by atoms with van der Waals surface area (Å²) in [7, 11) is 0. The van der Waals surface area contributed by atoms with E-state index >= 15 is 0 Å². The Bertz CT molecular complexity index is 1210. The minimum Gasteiger partial charge on any atom is -0.368 e. The standard InChI is InChI=1S/C25H27N5O4/c26-23(32)20(12-15-6-2-1-3-7-15)29-25(34)21(30-24(33)19-10-11-22(31)28-19)13-16-14-27-18-9-5-4-8-17(16)18/h1-9,14,19-21,27H,10-13H2,(H2,26,32)(H,28,31)(H,29,34)(H,30,33)/t19-,20-,21-/m0/s1. The van der Waals surface area contributed by atoms with Gasteiger partial charge in [-0.1, -0.05) is 48.5 Å². The van der Waals surface area contributed by atoms with E-state index in [4.69, 9.17) is 5.73 Å². The van der Waals surface area contributed by atoms with Gasteiger partial charge in [0.05, 0.1) is 0 Å². The molecule has 1 aromatic heterocycles. The second-order valence-electron chi connectivity index (χ2n) is 8.44. The van der Waals surface area contributed by atoms with Crippen molar-refractivity contribution in [2.45, 2.75) is 43.8 Å². The highest BCUT2D eigenvalue weighted by atomic mass is 16.2. The first-order valence-electron chi connectivity index (χ1n) is 11.2. The second-order valence-corrected chi connectivity index (χ2v) is 8.44. The number of para-hydroxylation sites is 1.